The molecule has 0 bridgehead atoms. The van der Waals surface area contributed by atoms with E-state index in [-0.39, 0.29) is 23.4 Å². The van der Waals surface area contributed by atoms with Crippen LogP contribution in [0.25, 0.3) is 0 Å². The number of amides is 1. The van der Waals surface area contributed by atoms with Crippen molar-refractivity contribution in [2.75, 3.05) is 13.1 Å². The second kappa shape index (κ2) is 6.13. The number of likely N-dealkylation sites (tertiary alicyclic amines) is 1. The molecule has 6 nitrogen and oxygen atoms in total. The first-order valence-corrected chi connectivity index (χ1v) is 7.07. The lowest BCUT2D eigenvalue weighted by Crippen LogP contribution is -2.41. The number of rotatable bonds is 2. The van der Waals surface area contributed by atoms with Crippen LogP contribution in [-0.2, 0) is 0 Å². The number of nitrogens with two attached hydrogens (primary N) is 1. The van der Waals surface area contributed by atoms with Crippen molar-refractivity contribution >= 4 is 27.7 Å². The fraction of sp³-hybridized carbons (Fsp3) is 0.385. The predicted molar refractivity (Wildman–Crippen MR) is 77.8 cm³/mol. The summed E-state index contributed by atoms with van der Waals surface area (Å²) in [4.78, 5) is 14.0. The van der Waals surface area contributed by atoms with Crippen LogP contribution in [0.2, 0.25) is 0 Å². The summed E-state index contributed by atoms with van der Waals surface area (Å²) in [6.07, 6.45) is 1.34. The van der Waals surface area contributed by atoms with Gasteiger partial charge >= 0.3 is 0 Å². The molecule has 2 rings (SSSR count). The first-order chi connectivity index (χ1) is 9.52. The second-order valence-electron chi connectivity index (χ2n) is 4.76. The highest BCUT2D eigenvalue weighted by atomic mass is 79.9. The summed E-state index contributed by atoms with van der Waals surface area (Å²) in [6, 6.07) is 4.76. The first-order valence-electron chi connectivity index (χ1n) is 6.28. The molecule has 0 aliphatic carbocycles. The summed E-state index contributed by atoms with van der Waals surface area (Å²) in [7, 11) is 0. The van der Waals surface area contributed by atoms with Crippen LogP contribution in [0.4, 0.5) is 0 Å². The van der Waals surface area contributed by atoms with Crippen molar-refractivity contribution in [3.05, 3.63) is 28.2 Å². The number of carbonyl (C=O) groups is 1. The topological polar surface area (TPSA) is 99.2 Å². The molecule has 1 aliphatic heterocycles. The van der Waals surface area contributed by atoms with Gasteiger partial charge < -0.3 is 20.9 Å². The Balaban J connectivity index is 2.03. The molecule has 7 heteroatoms. The Hall–Kier alpha value is -1.76. The van der Waals surface area contributed by atoms with Crippen LogP contribution in [0, 0.1) is 5.92 Å². The Morgan fingerprint density at radius 3 is 2.60 bits per heavy atom. The van der Waals surface area contributed by atoms with Crippen LogP contribution in [0.15, 0.2) is 27.8 Å². The molecule has 1 aromatic rings. The zero-order valence-corrected chi connectivity index (χ0v) is 12.4. The molecule has 20 heavy (non-hydrogen) atoms. The summed E-state index contributed by atoms with van der Waals surface area (Å²) in [5.41, 5.74) is 6.03. The van der Waals surface area contributed by atoms with Gasteiger partial charge in [-0.2, -0.15) is 0 Å². The lowest BCUT2D eigenvalue weighted by Gasteiger charge is -2.31. The van der Waals surface area contributed by atoms with E-state index in [2.05, 4.69) is 21.1 Å². The number of aromatic hydroxyl groups is 1. The fourth-order valence-corrected chi connectivity index (χ4v) is 2.53. The number of hydrogen-bond donors (Lipinski definition) is 3. The Labute approximate surface area is 125 Å². The molecular formula is C13H16BrN3O3. The number of phenols is 1. The molecule has 0 aromatic heterocycles. The summed E-state index contributed by atoms with van der Waals surface area (Å²) in [6.45, 7) is 1.10. The standard InChI is InChI=1S/C13H16BrN3O3/c14-10-2-1-9(7-11(10)18)13(19)17-5-3-8(4-6-17)12(15)16-20/h1-2,7-8,18,20H,3-6H2,(H2,15,16). The van der Waals surface area contributed by atoms with E-state index < -0.39 is 0 Å². The van der Waals surface area contributed by atoms with Gasteiger partial charge in [-0.25, -0.2) is 0 Å². The summed E-state index contributed by atoms with van der Waals surface area (Å²) in [5.74, 6) is 0.161. The van der Waals surface area contributed by atoms with E-state index in [1.165, 1.54) is 6.07 Å². The van der Waals surface area contributed by atoms with Crippen LogP contribution in [-0.4, -0.2) is 40.0 Å². The Kier molecular flexibility index (Phi) is 4.49. The zero-order chi connectivity index (χ0) is 14.7. The van der Waals surface area contributed by atoms with Crippen molar-refractivity contribution in [1.29, 1.82) is 0 Å². The molecule has 1 amide bonds. The van der Waals surface area contributed by atoms with Crippen molar-refractivity contribution in [3.63, 3.8) is 0 Å². The minimum atomic E-state index is -0.120. The monoisotopic (exact) mass is 341 g/mol. The number of benzene rings is 1. The number of carbonyl (C=O) groups excluding carboxylic acids is 1. The number of oxime groups is 1. The number of hydrogen-bond acceptors (Lipinski definition) is 4. The maximum Gasteiger partial charge on any atom is 0.253 e. The minimum Gasteiger partial charge on any atom is -0.507 e. The van der Waals surface area contributed by atoms with Gasteiger partial charge in [0.05, 0.1) is 4.47 Å². The van der Waals surface area contributed by atoms with Gasteiger partial charge in [0.2, 0.25) is 0 Å². The fourth-order valence-electron chi connectivity index (χ4n) is 2.29. The van der Waals surface area contributed by atoms with Gasteiger partial charge in [0.25, 0.3) is 5.91 Å². The van der Waals surface area contributed by atoms with Crippen molar-refractivity contribution in [2.45, 2.75) is 12.8 Å². The Morgan fingerprint density at radius 1 is 1.40 bits per heavy atom. The number of nitrogens with zero attached hydrogens (tertiary/aromatic N) is 2. The Bertz CT molecular complexity index is 540. The predicted octanol–water partition coefficient (Wildman–Crippen LogP) is 1.75. The SMILES string of the molecule is N/C(=N/O)C1CCN(C(=O)c2ccc(Br)c(O)c2)CC1. The van der Waals surface area contributed by atoms with Gasteiger partial charge in [0.1, 0.15) is 11.6 Å². The van der Waals surface area contributed by atoms with Crippen LogP contribution in [0.1, 0.15) is 23.2 Å². The smallest absolute Gasteiger partial charge is 0.253 e. The average Bonchev–Trinajstić information content (AvgIpc) is 2.48. The van der Waals surface area contributed by atoms with Gasteiger partial charge in [-0.05, 0) is 47.0 Å². The van der Waals surface area contributed by atoms with E-state index in [0.717, 1.165) is 0 Å². The highest BCUT2D eigenvalue weighted by molar-refractivity contribution is 9.10. The molecule has 1 aliphatic rings. The maximum absolute atomic E-state index is 12.3. The highest BCUT2D eigenvalue weighted by Gasteiger charge is 2.26. The number of halogens is 1. The van der Waals surface area contributed by atoms with Crippen LogP contribution in [0.3, 0.4) is 0 Å². The first kappa shape index (κ1) is 14.6. The molecule has 108 valence electrons. The molecule has 0 radical (unpaired) electrons. The van der Waals surface area contributed by atoms with E-state index in [0.29, 0.717) is 36.0 Å². The zero-order valence-electron chi connectivity index (χ0n) is 10.8. The molecule has 0 spiro atoms. The number of phenolic OH excluding ortho intramolecular Hbond substituents is 1. The largest absolute Gasteiger partial charge is 0.507 e. The van der Waals surface area contributed by atoms with Gasteiger partial charge in [0.15, 0.2) is 0 Å². The van der Waals surface area contributed by atoms with Crippen LogP contribution >= 0.6 is 15.9 Å². The molecule has 0 atom stereocenters. The second-order valence-corrected chi connectivity index (χ2v) is 5.61. The molecule has 1 aromatic carbocycles. The summed E-state index contributed by atoms with van der Waals surface area (Å²) < 4.78 is 0.555. The van der Waals surface area contributed by atoms with Gasteiger partial charge in [0, 0.05) is 24.6 Å². The van der Waals surface area contributed by atoms with Crippen molar-refractivity contribution < 1.29 is 15.1 Å². The van der Waals surface area contributed by atoms with E-state index in [4.69, 9.17) is 10.9 Å². The molecule has 1 heterocycles. The van der Waals surface area contributed by atoms with E-state index in [9.17, 15) is 9.90 Å². The van der Waals surface area contributed by atoms with Crippen molar-refractivity contribution in [2.24, 2.45) is 16.8 Å². The maximum atomic E-state index is 12.3. The lowest BCUT2D eigenvalue weighted by molar-refractivity contribution is 0.0708. The molecule has 0 saturated carbocycles. The molecule has 4 N–H and O–H groups in total. The van der Waals surface area contributed by atoms with Gasteiger partial charge in [-0.3, -0.25) is 4.79 Å². The van der Waals surface area contributed by atoms with Gasteiger partial charge in [-0.15, -0.1) is 0 Å². The number of piperidine rings is 1. The normalized spacial score (nSPS) is 17.2. The highest BCUT2D eigenvalue weighted by Crippen LogP contribution is 2.26. The van der Waals surface area contributed by atoms with E-state index in [1.807, 2.05) is 0 Å². The third-order valence-corrected chi connectivity index (χ3v) is 4.18. The Morgan fingerprint density at radius 2 is 2.05 bits per heavy atom. The van der Waals surface area contributed by atoms with E-state index >= 15 is 0 Å². The third-order valence-electron chi connectivity index (χ3n) is 3.51. The molecule has 1 saturated heterocycles. The van der Waals surface area contributed by atoms with Crippen LogP contribution < -0.4 is 5.73 Å². The number of amidine groups is 1. The van der Waals surface area contributed by atoms with Crippen LogP contribution in [0.5, 0.6) is 5.75 Å². The molecule has 0 unspecified atom stereocenters. The quantitative estimate of drug-likeness (QED) is 0.330. The minimum absolute atomic E-state index is 0.0161. The molecular weight excluding hydrogens is 326 g/mol. The summed E-state index contributed by atoms with van der Waals surface area (Å²) >= 11 is 3.18. The summed E-state index contributed by atoms with van der Waals surface area (Å²) in [5, 5.41) is 21.3. The van der Waals surface area contributed by atoms with Gasteiger partial charge in [-0.1, -0.05) is 5.16 Å². The van der Waals surface area contributed by atoms with E-state index in [1.54, 1.807) is 17.0 Å². The third kappa shape index (κ3) is 3.04. The van der Waals surface area contributed by atoms with Crippen molar-refractivity contribution in [1.82, 2.24) is 4.90 Å². The van der Waals surface area contributed by atoms with Crippen molar-refractivity contribution in [3.8, 4) is 5.75 Å². The average molecular weight is 342 g/mol. The lowest BCUT2D eigenvalue weighted by atomic mass is 9.95. The molecule has 1 fully saturated rings.